The normalized spacial score (nSPS) is 14.9. The van der Waals surface area contributed by atoms with Gasteiger partial charge in [-0.25, -0.2) is 8.42 Å². The van der Waals surface area contributed by atoms with Gasteiger partial charge in [-0.3, -0.25) is 9.52 Å². The minimum absolute atomic E-state index is 0.0853. The van der Waals surface area contributed by atoms with Gasteiger partial charge in [0.15, 0.2) is 0 Å². The van der Waals surface area contributed by atoms with Gasteiger partial charge in [-0.15, -0.1) is 0 Å². The first-order valence-corrected chi connectivity index (χ1v) is 10.1. The summed E-state index contributed by atoms with van der Waals surface area (Å²) in [6, 6.07) is 11.8. The molecule has 1 fully saturated rings. The summed E-state index contributed by atoms with van der Waals surface area (Å²) in [5.41, 5.74) is 2.74. The number of hydrogen-bond donors (Lipinski definition) is 2. The fourth-order valence-electron chi connectivity index (χ4n) is 2.87. The van der Waals surface area contributed by atoms with Crippen LogP contribution in [0.1, 0.15) is 21.5 Å². The summed E-state index contributed by atoms with van der Waals surface area (Å²) < 4.78 is 28.0. The lowest BCUT2D eigenvalue weighted by atomic mass is 10.1. The highest BCUT2D eigenvalue weighted by molar-refractivity contribution is 7.92. The number of nitrogens with one attached hydrogen (secondary N) is 2. The molecule has 138 valence electrons. The van der Waals surface area contributed by atoms with Gasteiger partial charge in [-0.1, -0.05) is 23.8 Å². The molecule has 0 atom stereocenters. The first-order valence-electron chi connectivity index (χ1n) is 8.57. The zero-order valence-electron chi connectivity index (χ0n) is 15.0. The Morgan fingerprint density at radius 2 is 1.69 bits per heavy atom. The van der Waals surface area contributed by atoms with E-state index in [1.165, 1.54) is 12.1 Å². The molecular weight excluding hydrogens is 350 g/mol. The predicted octanol–water partition coefficient (Wildman–Crippen LogP) is 2.15. The Morgan fingerprint density at radius 3 is 2.35 bits per heavy atom. The van der Waals surface area contributed by atoms with Crippen molar-refractivity contribution < 1.29 is 13.2 Å². The monoisotopic (exact) mass is 373 g/mol. The molecule has 0 radical (unpaired) electrons. The average Bonchev–Trinajstić information content (AvgIpc) is 2.64. The van der Waals surface area contributed by atoms with E-state index in [-0.39, 0.29) is 10.8 Å². The van der Waals surface area contributed by atoms with Crippen LogP contribution in [0.15, 0.2) is 47.4 Å². The molecule has 0 bridgehead atoms. The van der Waals surface area contributed by atoms with Crippen LogP contribution < -0.4 is 10.0 Å². The molecule has 1 amide bonds. The number of piperazine rings is 1. The molecule has 3 rings (SSSR count). The van der Waals surface area contributed by atoms with Crippen molar-refractivity contribution in [2.24, 2.45) is 0 Å². The van der Waals surface area contributed by atoms with Gasteiger partial charge in [0.2, 0.25) is 0 Å². The minimum Gasteiger partial charge on any atom is -0.336 e. The predicted molar refractivity (Wildman–Crippen MR) is 102 cm³/mol. The lowest BCUT2D eigenvalue weighted by molar-refractivity contribution is 0.0735. The van der Waals surface area contributed by atoms with Gasteiger partial charge < -0.3 is 10.2 Å². The molecular formula is C19H23N3O3S. The lowest BCUT2D eigenvalue weighted by Crippen LogP contribution is -2.46. The van der Waals surface area contributed by atoms with Crippen molar-refractivity contribution >= 4 is 21.6 Å². The maximum Gasteiger partial charge on any atom is 0.261 e. The van der Waals surface area contributed by atoms with Crippen molar-refractivity contribution in [3.8, 4) is 0 Å². The van der Waals surface area contributed by atoms with E-state index in [1.807, 2.05) is 26.0 Å². The topological polar surface area (TPSA) is 78.5 Å². The molecule has 0 aliphatic carbocycles. The second kappa shape index (κ2) is 7.47. The van der Waals surface area contributed by atoms with E-state index in [0.29, 0.717) is 24.3 Å². The average molecular weight is 373 g/mol. The van der Waals surface area contributed by atoms with Gasteiger partial charge in [-0.2, -0.15) is 0 Å². The molecule has 1 aliphatic heterocycles. The third-order valence-corrected chi connectivity index (χ3v) is 5.84. The summed E-state index contributed by atoms with van der Waals surface area (Å²) in [5.74, 6) is -0.128. The smallest absolute Gasteiger partial charge is 0.261 e. The molecule has 2 N–H and O–H groups in total. The van der Waals surface area contributed by atoms with Crippen LogP contribution in [0.4, 0.5) is 5.69 Å². The molecule has 2 aromatic carbocycles. The van der Waals surface area contributed by atoms with Crippen LogP contribution in [-0.4, -0.2) is 45.4 Å². The van der Waals surface area contributed by atoms with Crippen molar-refractivity contribution in [3.05, 3.63) is 59.2 Å². The van der Waals surface area contributed by atoms with E-state index in [1.54, 1.807) is 23.1 Å². The zero-order chi connectivity index (χ0) is 18.7. The summed E-state index contributed by atoms with van der Waals surface area (Å²) in [7, 11) is -3.76. The Balaban J connectivity index is 1.88. The Kier molecular flexibility index (Phi) is 5.29. The van der Waals surface area contributed by atoms with E-state index >= 15 is 0 Å². The molecule has 1 saturated heterocycles. The van der Waals surface area contributed by atoms with Gasteiger partial charge in [0, 0.05) is 37.4 Å². The van der Waals surface area contributed by atoms with Crippen molar-refractivity contribution in [3.63, 3.8) is 0 Å². The Hall–Kier alpha value is -2.38. The Labute approximate surface area is 154 Å². The van der Waals surface area contributed by atoms with Crippen molar-refractivity contribution in [2.45, 2.75) is 18.7 Å². The molecule has 0 spiro atoms. The van der Waals surface area contributed by atoms with Crippen LogP contribution in [-0.2, 0) is 10.0 Å². The van der Waals surface area contributed by atoms with E-state index in [0.717, 1.165) is 24.2 Å². The highest BCUT2D eigenvalue weighted by Crippen LogP contribution is 2.21. The summed E-state index contributed by atoms with van der Waals surface area (Å²) in [6.07, 6.45) is 0. The van der Waals surface area contributed by atoms with Crippen LogP contribution in [0.5, 0.6) is 0 Å². The second-order valence-electron chi connectivity index (χ2n) is 6.49. The summed E-state index contributed by atoms with van der Waals surface area (Å²) >= 11 is 0. The molecule has 1 heterocycles. The van der Waals surface area contributed by atoms with Gasteiger partial charge in [0.25, 0.3) is 15.9 Å². The van der Waals surface area contributed by atoms with E-state index in [9.17, 15) is 13.2 Å². The summed E-state index contributed by atoms with van der Waals surface area (Å²) in [6.45, 7) is 6.49. The highest BCUT2D eigenvalue weighted by Gasteiger charge is 2.22. The number of aryl methyl sites for hydroxylation is 2. The van der Waals surface area contributed by atoms with E-state index in [4.69, 9.17) is 0 Å². The third kappa shape index (κ3) is 4.05. The van der Waals surface area contributed by atoms with Gasteiger partial charge in [-0.05, 0) is 43.7 Å². The maximum atomic E-state index is 12.8. The maximum absolute atomic E-state index is 12.8. The van der Waals surface area contributed by atoms with Gasteiger partial charge in [0.1, 0.15) is 0 Å². The molecule has 0 saturated carbocycles. The molecule has 0 aromatic heterocycles. The molecule has 26 heavy (non-hydrogen) atoms. The van der Waals surface area contributed by atoms with Gasteiger partial charge >= 0.3 is 0 Å². The SMILES string of the molecule is Cc1ccc(NS(=O)(=O)c2ccc(C)c(C(=O)N3CCNCC3)c2)cc1. The number of sulfonamides is 1. The fourth-order valence-corrected chi connectivity index (χ4v) is 3.96. The van der Waals surface area contributed by atoms with E-state index in [2.05, 4.69) is 10.0 Å². The van der Waals surface area contributed by atoms with Crippen molar-refractivity contribution in [1.82, 2.24) is 10.2 Å². The fraction of sp³-hybridized carbons (Fsp3) is 0.316. The number of anilines is 1. The Morgan fingerprint density at radius 1 is 1.04 bits per heavy atom. The van der Waals surface area contributed by atoms with Gasteiger partial charge in [0.05, 0.1) is 4.90 Å². The number of carbonyl (C=O) groups excluding carboxylic acids is 1. The van der Waals surface area contributed by atoms with E-state index < -0.39 is 10.0 Å². The van der Waals surface area contributed by atoms with Crippen LogP contribution in [0.3, 0.4) is 0 Å². The van der Waals surface area contributed by atoms with Crippen LogP contribution in [0, 0.1) is 13.8 Å². The number of benzene rings is 2. The molecule has 0 unspecified atom stereocenters. The minimum atomic E-state index is -3.76. The number of amides is 1. The summed E-state index contributed by atoms with van der Waals surface area (Å²) in [4.78, 5) is 14.6. The van der Waals surface area contributed by atoms with Crippen molar-refractivity contribution in [2.75, 3.05) is 30.9 Å². The third-order valence-electron chi connectivity index (χ3n) is 4.46. The molecule has 7 heteroatoms. The number of nitrogens with zero attached hydrogens (tertiary/aromatic N) is 1. The quantitative estimate of drug-likeness (QED) is 0.861. The largest absolute Gasteiger partial charge is 0.336 e. The first-order chi connectivity index (χ1) is 12.4. The van der Waals surface area contributed by atoms with Crippen LogP contribution >= 0.6 is 0 Å². The number of rotatable bonds is 4. The highest BCUT2D eigenvalue weighted by atomic mass is 32.2. The Bertz CT molecular complexity index is 902. The second-order valence-corrected chi connectivity index (χ2v) is 8.17. The first kappa shape index (κ1) is 18.4. The lowest BCUT2D eigenvalue weighted by Gasteiger charge is -2.28. The standard InChI is InChI=1S/C19H23N3O3S/c1-14-3-6-16(7-4-14)21-26(24,25)17-8-5-15(2)18(13-17)19(23)22-11-9-20-10-12-22/h3-8,13,20-21H,9-12H2,1-2H3. The molecule has 2 aromatic rings. The van der Waals surface area contributed by atoms with Crippen molar-refractivity contribution in [1.29, 1.82) is 0 Å². The number of hydrogen-bond acceptors (Lipinski definition) is 4. The van der Waals surface area contributed by atoms with Crippen LogP contribution in [0.2, 0.25) is 0 Å². The molecule has 6 nitrogen and oxygen atoms in total. The van der Waals surface area contributed by atoms with Crippen LogP contribution in [0.25, 0.3) is 0 Å². The zero-order valence-corrected chi connectivity index (χ0v) is 15.8. The number of carbonyl (C=O) groups is 1. The molecule has 1 aliphatic rings. The summed E-state index contributed by atoms with van der Waals surface area (Å²) in [5, 5.41) is 3.20.